The van der Waals surface area contributed by atoms with E-state index in [2.05, 4.69) is 32.8 Å². The lowest BCUT2D eigenvalue weighted by Gasteiger charge is -2.22. The quantitative estimate of drug-likeness (QED) is 0.903. The lowest BCUT2D eigenvalue weighted by molar-refractivity contribution is -0.129. The first-order chi connectivity index (χ1) is 10.3. The Labute approximate surface area is 133 Å². The van der Waals surface area contributed by atoms with Gasteiger partial charge in [0.05, 0.1) is 12.1 Å². The van der Waals surface area contributed by atoms with Crippen LogP contribution in [0.4, 0.5) is 0 Å². The van der Waals surface area contributed by atoms with Gasteiger partial charge in [-0.15, -0.1) is 0 Å². The van der Waals surface area contributed by atoms with Gasteiger partial charge >= 0.3 is 0 Å². The molecule has 2 heterocycles. The van der Waals surface area contributed by atoms with Crippen LogP contribution in [0.2, 0.25) is 0 Å². The Morgan fingerprint density at radius 3 is 2.64 bits per heavy atom. The molecule has 5 nitrogen and oxygen atoms in total. The van der Waals surface area contributed by atoms with E-state index in [0.29, 0.717) is 18.9 Å². The molecule has 0 aliphatic carbocycles. The molecule has 5 heteroatoms. The average Bonchev–Trinajstić information content (AvgIpc) is 2.95. The van der Waals surface area contributed by atoms with E-state index >= 15 is 0 Å². The summed E-state index contributed by atoms with van der Waals surface area (Å²) in [5.41, 5.74) is 9.11. The van der Waals surface area contributed by atoms with Gasteiger partial charge in [-0.2, -0.15) is 5.10 Å². The molecule has 2 rings (SSSR count). The number of nitrogens with two attached hydrogens (primary N) is 1. The third-order valence-electron chi connectivity index (χ3n) is 4.80. The van der Waals surface area contributed by atoms with Crippen LogP contribution in [0.25, 0.3) is 0 Å². The van der Waals surface area contributed by atoms with E-state index in [-0.39, 0.29) is 11.3 Å². The Morgan fingerprint density at radius 1 is 1.41 bits per heavy atom. The van der Waals surface area contributed by atoms with Crippen molar-refractivity contribution in [2.45, 2.75) is 54.0 Å². The third kappa shape index (κ3) is 3.51. The maximum absolute atomic E-state index is 12.6. The van der Waals surface area contributed by atoms with Crippen LogP contribution in [0, 0.1) is 25.2 Å². The van der Waals surface area contributed by atoms with Crippen LogP contribution in [0.1, 0.15) is 44.1 Å². The van der Waals surface area contributed by atoms with E-state index in [1.807, 2.05) is 16.5 Å². The Hall–Kier alpha value is -1.36. The fourth-order valence-corrected chi connectivity index (χ4v) is 3.18. The zero-order valence-electron chi connectivity index (χ0n) is 14.6. The zero-order chi connectivity index (χ0) is 16.5. The van der Waals surface area contributed by atoms with E-state index in [4.69, 9.17) is 5.73 Å². The summed E-state index contributed by atoms with van der Waals surface area (Å²) in [7, 11) is 0. The van der Waals surface area contributed by atoms with E-state index < -0.39 is 0 Å². The van der Waals surface area contributed by atoms with Crippen LogP contribution in [0.5, 0.6) is 0 Å². The topological polar surface area (TPSA) is 64.2 Å². The molecule has 0 spiro atoms. The Kier molecular flexibility index (Phi) is 4.95. The fourth-order valence-electron chi connectivity index (χ4n) is 3.18. The van der Waals surface area contributed by atoms with Gasteiger partial charge in [0.1, 0.15) is 0 Å². The number of carbonyl (C=O) groups excluding carboxylic acids is 1. The number of amides is 1. The van der Waals surface area contributed by atoms with Crippen LogP contribution >= 0.6 is 0 Å². The SMILES string of the molecule is Cc1nn(CC(C)C)c(C)c1CC(=O)N1CCC(C)(CN)C1. The minimum atomic E-state index is 0.0849. The van der Waals surface area contributed by atoms with Crippen molar-refractivity contribution in [3.05, 3.63) is 17.0 Å². The number of carbonyl (C=O) groups is 1. The molecule has 2 N–H and O–H groups in total. The molecule has 1 unspecified atom stereocenters. The third-order valence-corrected chi connectivity index (χ3v) is 4.80. The summed E-state index contributed by atoms with van der Waals surface area (Å²) in [5, 5.41) is 4.60. The van der Waals surface area contributed by atoms with E-state index in [0.717, 1.165) is 43.0 Å². The second kappa shape index (κ2) is 6.41. The standard InChI is InChI=1S/C17H30N4O/c1-12(2)9-21-14(4)15(13(3)19-21)8-16(22)20-7-6-17(5,10-18)11-20/h12H,6-11,18H2,1-5H3. The number of rotatable bonds is 5. The van der Waals surface area contributed by atoms with Gasteiger partial charge in [-0.1, -0.05) is 20.8 Å². The smallest absolute Gasteiger partial charge is 0.227 e. The summed E-state index contributed by atoms with van der Waals surface area (Å²) >= 11 is 0. The first-order valence-electron chi connectivity index (χ1n) is 8.26. The van der Waals surface area contributed by atoms with Crippen LogP contribution in [0.3, 0.4) is 0 Å². The van der Waals surface area contributed by atoms with Crippen LogP contribution < -0.4 is 5.73 Å². The first kappa shape index (κ1) is 17.0. The van der Waals surface area contributed by atoms with Gasteiger partial charge in [0, 0.05) is 30.9 Å². The van der Waals surface area contributed by atoms with Gasteiger partial charge in [-0.25, -0.2) is 0 Å². The first-order valence-corrected chi connectivity index (χ1v) is 8.26. The van der Waals surface area contributed by atoms with Crippen molar-refractivity contribution in [2.75, 3.05) is 19.6 Å². The average molecular weight is 306 g/mol. The predicted octanol–water partition coefficient (Wildman–Crippen LogP) is 1.90. The van der Waals surface area contributed by atoms with Crippen LogP contribution in [-0.4, -0.2) is 40.2 Å². The minimum Gasteiger partial charge on any atom is -0.342 e. The van der Waals surface area contributed by atoms with Crippen molar-refractivity contribution >= 4 is 5.91 Å². The van der Waals surface area contributed by atoms with Gasteiger partial charge in [0.2, 0.25) is 5.91 Å². The lowest BCUT2D eigenvalue weighted by Crippen LogP contribution is -2.35. The molecule has 1 amide bonds. The highest BCUT2D eigenvalue weighted by molar-refractivity contribution is 5.79. The molecule has 0 aromatic carbocycles. The highest BCUT2D eigenvalue weighted by atomic mass is 16.2. The highest BCUT2D eigenvalue weighted by Crippen LogP contribution is 2.29. The molecule has 1 aliphatic rings. The molecule has 0 bridgehead atoms. The van der Waals surface area contributed by atoms with Gasteiger partial charge in [-0.3, -0.25) is 9.48 Å². The molecule has 1 saturated heterocycles. The second-order valence-corrected chi connectivity index (χ2v) is 7.48. The lowest BCUT2D eigenvalue weighted by atomic mass is 9.90. The summed E-state index contributed by atoms with van der Waals surface area (Å²) in [5.74, 6) is 0.748. The largest absolute Gasteiger partial charge is 0.342 e. The molecule has 124 valence electrons. The second-order valence-electron chi connectivity index (χ2n) is 7.48. The van der Waals surface area contributed by atoms with Crippen LogP contribution in [-0.2, 0) is 17.8 Å². The Balaban J connectivity index is 2.08. The van der Waals surface area contributed by atoms with Crippen molar-refractivity contribution in [3.63, 3.8) is 0 Å². The van der Waals surface area contributed by atoms with E-state index in [1.54, 1.807) is 0 Å². The molecule has 22 heavy (non-hydrogen) atoms. The van der Waals surface area contributed by atoms with Crippen LogP contribution in [0.15, 0.2) is 0 Å². The summed E-state index contributed by atoms with van der Waals surface area (Å²) in [6, 6.07) is 0. The normalized spacial score (nSPS) is 21.9. The summed E-state index contributed by atoms with van der Waals surface area (Å²) in [6.45, 7) is 13.7. The molecule has 0 saturated carbocycles. The van der Waals surface area contributed by atoms with Gasteiger partial charge in [0.15, 0.2) is 0 Å². The van der Waals surface area contributed by atoms with Crippen molar-refractivity contribution in [1.29, 1.82) is 0 Å². The summed E-state index contributed by atoms with van der Waals surface area (Å²) in [6.07, 6.45) is 1.45. The molecule has 1 aromatic rings. The number of hydrogen-bond acceptors (Lipinski definition) is 3. The van der Waals surface area contributed by atoms with Gasteiger partial charge in [0.25, 0.3) is 0 Å². The molecule has 1 aliphatic heterocycles. The molecule has 1 atom stereocenters. The fraction of sp³-hybridized carbons (Fsp3) is 0.765. The zero-order valence-corrected chi connectivity index (χ0v) is 14.6. The van der Waals surface area contributed by atoms with E-state index in [1.165, 1.54) is 0 Å². The van der Waals surface area contributed by atoms with Crippen molar-refractivity contribution < 1.29 is 4.79 Å². The number of likely N-dealkylation sites (tertiary alicyclic amines) is 1. The maximum atomic E-state index is 12.6. The van der Waals surface area contributed by atoms with Crippen molar-refractivity contribution in [1.82, 2.24) is 14.7 Å². The monoisotopic (exact) mass is 306 g/mol. The Bertz CT molecular complexity index is 549. The highest BCUT2D eigenvalue weighted by Gasteiger charge is 2.35. The summed E-state index contributed by atoms with van der Waals surface area (Å²) < 4.78 is 2.04. The summed E-state index contributed by atoms with van der Waals surface area (Å²) in [4.78, 5) is 14.6. The molecule has 1 fully saturated rings. The number of hydrogen-bond donors (Lipinski definition) is 1. The molecular formula is C17H30N4O. The molecular weight excluding hydrogens is 276 g/mol. The maximum Gasteiger partial charge on any atom is 0.227 e. The minimum absolute atomic E-state index is 0.0849. The van der Waals surface area contributed by atoms with Crippen molar-refractivity contribution in [2.24, 2.45) is 17.1 Å². The van der Waals surface area contributed by atoms with Gasteiger partial charge in [-0.05, 0) is 38.1 Å². The molecule has 0 radical (unpaired) electrons. The van der Waals surface area contributed by atoms with Crippen molar-refractivity contribution in [3.8, 4) is 0 Å². The number of aryl methyl sites for hydroxylation is 1. The van der Waals surface area contributed by atoms with E-state index in [9.17, 15) is 4.79 Å². The predicted molar refractivity (Wildman–Crippen MR) is 88.6 cm³/mol. The molecule has 1 aromatic heterocycles. The number of aromatic nitrogens is 2. The Morgan fingerprint density at radius 2 is 2.09 bits per heavy atom. The van der Waals surface area contributed by atoms with Gasteiger partial charge < -0.3 is 10.6 Å². The number of nitrogens with zero attached hydrogens (tertiary/aromatic N) is 3.